The fourth-order valence-corrected chi connectivity index (χ4v) is 2.10. The Morgan fingerprint density at radius 2 is 1.83 bits per heavy atom. The summed E-state index contributed by atoms with van der Waals surface area (Å²) in [5.41, 5.74) is 0.311. The quantitative estimate of drug-likeness (QED) is 0.302. The fraction of sp³-hybridized carbons (Fsp3) is 0.500. The lowest BCUT2D eigenvalue weighted by atomic mass is 10.1. The smallest absolute Gasteiger partial charge is 0.307 e. The molecule has 0 aromatic heterocycles. The number of ether oxygens (including phenoxy) is 1. The van der Waals surface area contributed by atoms with Crippen molar-refractivity contribution in [2.75, 3.05) is 20.2 Å². The zero-order valence-electron chi connectivity index (χ0n) is 13.5. The van der Waals surface area contributed by atoms with E-state index in [1.807, 2.05) is 0 Å². The summed E-state index contributed by atoms with van der Waals surface area (Å²) < 4.78 is 4.60. The molecule has 0 bridgehead atoms. The summed E-state index contributed by atoms with van der Waals surface area (Å²) in [6.07, 6.45) is 2.98. The minimum absolute atomic E-state index is 0.0614. The maximum Gasteiger partial charge on any atom is 0.307 e. The Morgan fingerprint density at radius 1 is 1.17 bits per heavy atom. The second-order valence-corrected chi connectivity index (χ2v) is 5.13. The van der Waals surface area contributed by atoms with E-state index in [2.05, 4.69) is 11.7 Å². The van der Waals surface area contributed by atoms with Gasteiger partial charge in [-0.05, 0) is 18.6 Å². The van der Waals surface area contributed by atoms with Gasteiger partial charge in [0.1, 0.15) is 0 Å². The van der Waals surface area contributed by atoms with Crippen molar-refractivity contribution < 1.29 is 19.2 Å². The standard InChI is InChI=1S/C16H22N2O5/c1-3-4-5-11-17(12-10-15(19)23-2)16(20)13-6-8-14(9-7-13)18(21)22/h6-9H,3-5,10-12H2,1-2H3. The second-order valence-electron chi connectivity index (χ2n) is 5.13. The highest BCUT2D eigenvalue weighted by Crippen LogP contribution is 2.14. The van der Waals surface area contributed by atoms with Gasteiger partial charge < -0.3 is 9.64 Å². The van der Waals surface area contributed by atoms with Crippen LogP contribution in [0.4, 0.5) is 5.69 Å². The topological polar surface area (TPSA) is 89.8 Å². The van der Waals surface area contributed by atoms with Crippen LogP contribution in [0, 0.1) is 10.1 Å². The molecule has 0 spiro atoms. The predicted molar refractivity (Wildman–Crippen MR) is 85.2 cm³/mol. The Morgan fingerprint density at radius 3 is 2.35 bits per heavy atom. The number of benzene rings is 1. The highest BCUT2D eigenvalue weighted by molar-refractivity contribution is 5.94. The molecule has 0 aliphatic rings. The number of carbonyl (C=O) groups excluding carboxylic acids is 2. The Hall–Kier alpha value is -2.44. The SMILES string of the molecule is CCCCCN(CCC(=O)OC)C(=O)c1ccc([N+](=O)[O-])cc1. The molecule has 1 rings (SSSR count). The lowest BCUT2D eigenvalue weighted by molar-refractivity contribution is -0.384. The van der Waals surface area contributed by atoms with E-state index in [0.29, 0.717) is 12.1 Å². The van der Waals surface area contributed by atoms with Crippen LogP contribution in [0.3, 0.4) is 0 Å². The number of nitrogens with zero attached hydrogens (tertiary/aromatic N) is 2. The Kier molecular flexibility index (Phi) is 7.73. The second kappa shape index (κ2) is 9.55. The summed E-state index contributed by atoms with van der Waals surface area (Å²) in [7, 11) is 1.31. The van der Waals surface area contributed by atoms with Gasteiger partial charge in [0, 0.05) is 30.8 Å². The van der Waals surface area contributed by atoms with Crippen molar-refractivity contribution in [2.45, 2.75) is 32.6 Å². The number of nitro benzene ring substituents is 1. The molecule has 0 unspecified atom stereocenters. The van der Waals surface area contributed by atoms with Crippen LogP contribution >= 0.6 is 0 Å². The minimum Gasteiger partial charge on any atom is -0.469 e. The number of methoxy groups -OCH3 is 1. The van der Waals surface area contributed by atoms with Crippen molar-refractivity contribution in [3.8, 4) is 0 Å². The van der Waals surface area contributed by atoms with Gasteiger partial charge in [-0.2, -0.15) is 0 Å². The highest BCUT2D eigenvalue weighted by atomic mass is 16.6. The van der Waals surface area contributed by atoms with Crippen LogP contribution in [0.5, 0.6) is 0 Å². The van der Waals surface area contributed by atoms with E-state index in [1.165, 1.54) is 31.4 Å². The maximum atomic E-state index is 12.5. The molecule has 23 heavy (non-hydrogen) atoms. The van der Waals surface area contributed by atoms with Crippen molar-refractivity contribution in [1.82, 2.24) is 4.90 Å². The number of hydrogen-bond acceptors (Lipinski definition) is 5. The lowest BCUT2D eigenvalue weighted by Crippen LogP contribution is -2.34. The number of carbonyl (C=O) groups is 2. The van der Waals surface area contributed by atoms with E-state index in [9.17, 15) is 19.7 Å². The maximum absolute atomic E-state index is 12.5. The molecule has 126 valence electrons. The molecule has 0 heterocycles. The van der Waals surface area contributed by atoms with E-state index in [4.69, 9.17) is 0 Å². The molecule has 0 saturated carbocycles. The first kappa shape index (κ1) is 18.6. The van der Waals surface area contributed by atoms with E-state index in [0.717, 1.165) is 19.3 Å². The fourth-order valence-electron chi connectivity index (χ4n) is 2.10. The average Bonchev–Trinajstić information content (AvgIpc) is 2.57. The molecule has 0 N–H and O–H groups in total. The third kappa shape index (κ3) is 6.06. The van der Waals surface area contributed by atoms with Gasteiger partial charge in [-0.3, -0.25) is 19.7 Å². The molecule has 0 saturated heterocycles. The zero-order chi connectivity index (χ0) is 17.2. The number of rotatable bonds is 9. The number of hydrogen-bond donors (Lipinski definition) is 0. The Labute approximate surface area is 135 Å². The van der Waals surface area contributed by atoms with Crippen molar-refractivity contribution >= 4 is 17.6 Å². The molecule has 1 amide bonds. The highest BCUT2D eigenvalue weighted by Gasteiger charge is 2.18. The molecule has 0 atom stereocenters. The molecule has 7 heteroatoms. The molecule has 0 fully saturated rings. The van der Waals surface area contributed by atoms with Crippen LogP contribution in [-0.2, 0) is 9.53 Å². The minimum atomic E-state index is -0.509. The van der Waals surface area contributed by atoms with Crippen molar-refractivity contribution in [3.05, 3.63) is 39.9 Å². The Bertz CT molecular complexity index is 542. The molecule has 0 radical (unpaired) electrons. The average molecular weight is 322 g/mol. The summed E-state index contributed by atoms with van der Waals surface area (Å²) >= 11 is 0. The van der Waals surface area contributed by atoms with Crippen LogP contribution in [-0.4, -0.2) is 41.9 Å². The largest absolute Gasteiger partial charge is 0.469 e. The normalized spacial score (nSPS) is 10.2. The number of amides is 1. The first-order valence-corrected chi connectivity index (χ1v) is 7.60. The van der Waals surface area contributed by atoms with Gasteiger partial charge in [-0.1, -0.05) is 19.8 Å². The van der Waals surface area contributed by atoms with Crippen LogP contribution in [0.2, 0.25) is 0 Å². The summed E-state index contributed by atoms with van der Waals surface area (Å²) in [6, 6.07) is 5.48. The first-order chi connectivity index (χ1) is 11.0. The molecule has 1 aromatic rings. The van der Waals surface area contributed by atoms with Gasteiger partial charge >= 0.3 is 5.97 Å². The predicted octanol–water partition coefficient (Wildman–Crippen LogP) is 2.79. The third-order valence-electron chi connectivity index (χ3n) is 3.46. The Balaban J connectivity index is 2.79. The number of esters is 1. The summed E-state index contributed by atoms with van der Waals surface area (Å²) in [5.74, 6) is -0.609. The zero-order valence-corrected chi connectivity index (χ0v) is 13.5. The van der Waals surface area contributed by atoms with Gasteiger partial charge in [0.2, 0.25) is 0 Å². The van der Waals surface area contributed by atoms with Gasteiger partial charge in [-0.25, -0.2) is 0 Å². The van der Waals surface area contributed by atoms with Crippen LogP contribution in [0.1, 0.15) is 43.0 Å². The van der Waals surface area contributed by atoms with Gasteiger partial charge in [0.05, 0.1) is 18.5 Å². The lowest BCUT2D eigenvalue weighted by Gasteiger charge is -2.22. The van der Waals surface area contributed by atoms with Crippen molar-refractivity contribution in [2.24, 2.45) is 0 Å². The molecule has 0 aliphatic heterocycles. The van der Waals surface area contributed by atoms with Crippen LogP contribution in [0.15, 0.2) is 24.3 Å². The molecule has 1 aromatic carbocycles. The summed E-state index contributed by atoms with van der Waals surface area (Å²) in [6.45, 7) is 2.88. The van der Waals surface area contributed by atoms with Crippen LogP contribution < -0.4 is 0 Å². The monoisotopic (exact) mass is 322 g/mol. The van der Waals surface area contributed by atoms with Crippen molar-refractivity contribution in [1.29, 1.82) is 0 Å². The molecular weight excluding hydrogens is 300 g/mol. The third-order valence-corrected chi connectivity index (χ3v) is 3.46. The van der Waals surface area contributed by atoms with Gasteiger partial charge in [0.15, 0.2) is 0 Å². The van der Waals surface area contributed by atoms with E-state index in [1.54, 1.807) is 4.90 Å². The van der Waals surface area contributed by atoms with Crippen molar-refractivity contribution in [3.63, 3.8) is 0 Å². The number of non-ortho nitro benzene ring substituents is 1. The number of nitro groups is 1. The first-order valence-electron chi connectivity index (χ1n) is 7.60. The van der Waals surface area contributed by atoms with E-state index < -0.39 is 4.92 Å². The van der Waals surface area contributed by atoms with Gasteiger partial charge in [-0.15, -0.1) is 0 Å². The molecule has 0 aliphatic carbocycles. The van der Waals surface area contributed by atoms with E-state index >= 15 is 0 Å². The van der Waals surface area contributed by atoms with E-state index in [-0.39, 0.29) is 30.5 Å². The molecular formula is C16H22N2O5. The van der Waals surface area contributed by atoms with Crippen LogP contribution in [0.25, 0.3) is 0 Å². The summed E-state index contributed by atoms with van der Waals surface area (Å²) in [4.78, 5) is 35.6. The van der Waals surface area contributed by atoms with Gasteiger partial charge in [0.25, 0.3) is 11.6 Å². The molecule has 7 nitrogen and oxygen atoms in total. The summed E-state index contributed by atoms with van der Waals surface area (Å²) in [5, 5.41) is 10.7. The number of unbranched alkanes of at least 4 members (excludes halogenated alkanes) is 2.